The van der Waals surface area contributed by atoms with Crippen LogP contribution in [0.15, 0.2) is 11.6 Å². The summed E-state index contributed by atoms with van der Waals surface area (Å²) in [7, 11) is 0. The third-order valence-corrected chi connectivity index (χ3v) is 2.48. The van der Waals surface area contributed by atoms with Crippen molar-refractivity contribution in [3.05, 3.63) is 11.6 Å². The van der Waals surface area contributed by atoms with E-state index in [1.165, 1.54) is 6.08 Å². The highest BCUT2D eigenvalue weighted by Crippen LogP contribution is 2.10. The van der Waals surface area contributed by atoms with Gasteiger partial charge in [-0.05, 0) is 6.92 Å². The van der Waals surface area contributed by atoms with Crippen molar-refractivity contribution in [3.8, 4) is 0 Å². The number of imide groups is 1. The molecule has 0 aromatic rings. The summed E-state index contributed by atoms with van der Waals surface area (Å²) in [6, 6.07) is 0. The van der Waals surface area contributed by atoms with Gasteiger partial charge in [0.25, 0.3) is 11.8 Å². The lowest BCUT2D eigenvalue weighted by Crippen LogP contribution is -2.34. The zero-order chi connectivity index (χ0) is 14.3. The lowest BCUT2D eigenvalue weighted by molar-refractivity contribution is -0.139. The number of hydrogen-bond donors (Lipinski definition) is 1. The zero-order valence-corrected chi connectivity index (χ0v) is 10.8. The topological polar surface area (TPSA) is 93.1 Å². The van der Waals surface area contributed by atoms with Gasteiger partial charge in [0.1, 0.15) is 0 Å². The maximum absolute atomic E-state index is 11.5. The van der Waals surface area contributed by atoms with E-state index in [9.17, 15) is 14.4 Å². The molecule has 0 aromatic carbocycles. The van der Waals surface area contributed by atoms with Crippen LogP contribution in [0.25, 0.3) is 0 Å². The number of aliphatic carboxylic acids is 1. The van der Waals surface area contributed by atoms with E-state index in [1.807, 2.05) is 0 Å². The monoisotopic (exact) mass is 271 g/mol. The van der Waals surface area contributed by atoms with Gasteiger partial charge in [-0.1, -0.05) is 0 Å². The predicted molar refractivity (Wildman–Crippen MR) is 64.4 cm³/mol. The number of carbonyl (C=O) groups excluding carboxylic acids is 2. The maximum atomic E-state index is 11.5. The van der Waals surface area contributed by atoms with Crippen molar-refractivity contribution in [1.29, 1.82) is 0 Å². The van der Waals surface area contributed by atoms with E-state index in [4.69, 9.17) is 14.6 Å². The first kappa shape index (κ1) is 15.3. The van der Waals surface area contributed by atoms with E-state index in [0.29, 0.717) is 12.2 Å². The van der Waals surface area contributed by atoms with Gasteiger partial charge in [-0.3, -0.25) is 19.3 Å². The molecule has 0 aliphatic carbocycles. The summed E-state index contributed by atoms with van der Waals surface area (Å²) in [6.45, 7) is 2.76. The fourth-order valence-corrected chi connectivity index (χ4v) is 1.49. The van der Waals surface area contributed by atoms with Gasteiger partial charge in [-0.25, -0.2) is 0 Å². The summed E-state index contributed by atoms with van der Waals surface area (Å²) in [6.07, 6.45) is 1.26. The van der Waals surface area contributed by atoms with E-state index in [1.54, 1.807) is 6.92 Å². The van der Waals surface area contributed by atoms with Gasteiger partial charge in [-0.2, -0.15) is 0 Å². The summed E-state index contributed by atoms with van der Waals surface area (Å²) in [5, 5.41) is 8.36. The van der Waals surface area contributed by atoms with Gasteiger partial charge in [0, 0.05) is 11.6 Å². The van der Waals surface area contributed by atoms with E-state index < -0.39 is 5.97 Å². The summed E-state index contributed by atoms with van der Waals surface area (Å²) >= 11 is 0. The molecule has 0 saturated carbocycles. The summed E-state index contributed by atoms with van der Waals surface area (Å²) < 4.78 is 10.2. The Morgan fingerprint density at radius 2 is 1.84 bits per heavy atom. The van der Waals surface area contributed by atoms with Crippen LogP contribution >= 0.6 is 0 Å². The molecule has 0 bridgehead atoms. The highest BCUT2D eigenvalue weighted by atomic mass is 16.5. The van der Waals surface area contributed by atoms with Crippen LogP contribution in [0, 0.1) is 0 Å². The molecule has 0 atom stereocenters. The third kappa shape index (κ3) is 5.19. The molecule has 1 N–H and O–H groups in total. The van der Waals surface area contributed by atoms with Gasteiger partial charge in [-0.15, -0.1) is 0 Å². The van der Waals surface area contributed by atoms with Crippen molar-refractivity contribution in [2.24, 2.45) is 0 Å². The molecule has 0 saturated heterocycles. The van der Waals surface area contributed by atoms with Crippen molar-refractivity contribution in [3.63, 3.8) is 0 Å². The number of rotatable bonds is 9. The Morgan fingerprint density at radius 3 is 2.37 bits per heavy atom. The third-order valence-electron chi connectivity index (χ3n) is 2.48. The summed E-state index contributed by atoms with van der Waals surface area (Å²) in [5.74, 6) is -1.51. The van der Waals surface area contributed by atoms with E-state index in [2.05, 4.69) is 0 Å². The second-order valence-corrected chi connectivity index (χ2v) is 3.99. The highest BCUT2D eigenvalue weighted by Gasteiger charge is 2.27. The molecule has 0 spiro atoms. The van der Waals surface area contributed by atoms with Crippen LogP contribution in [0.3, 0.4) is 0 Å². The fraction of sp³-hybridized carbons (Fsp3) is 0.583. The molecule has 1 heterocycles. The molecular weight excluding hydrogens is 254 g/mol. The molecule has 1 aliphatic heterocycles. The molecule has 1 aliphatic rings. The molecule has 7 nitrogen and oxygen atoms in total. The first-order valence-corrected chi connectivity index (χ1v) is 5.94. The summed E-state index contributed by atoms with van der Waals surface area (Å²) in [5.41, 5.74) is 0.432. The molecule has 19 heavy (non-hydrogen) atoms. The van der Waals surface area contributed by atoms with Crippen LogP contribution in [-0.4, -0.2) is 60.8 Å². The van der Waals surface area contributed by atoms with Crippen LogP contribution < -0.4 is 0 Å². The highest BCUT2D eigenvalue weighted by molar-refractivity contribution is 6.15. The van der Waals surface area contributed by atoms with Crippen LogP contribution in [0.2, 0.25) is 0 Å². The van der Waals surface area contributed by atoms with Crippen molar-refractivity contribution in [2.75, 3.05) is 33.0 Å². The molecule has 2 amide bonds. The molecule has 7 heteroatoms. The van der Waals surface area contributed by atoms with Crippen LogP contribution in [-0.2, 0) is 23.9 Å². The van der Waals surface area contributed by atoms with Crippen molar-refractivity contribution in [1.82, 2.24) is 4.90 Å². The fourth-order valence-electron chi connectivity index (χ4n) is 1.49. The molecule has 106 valence electrons. The number of hydrogen-bond acceptors (Lipinski definition) is 5. The summed E-state index contributed by atoms with van der Waals surface area (Å²) in [4.78, 5) is 34.2. The minimum atomic E-state index is -0.908. The maximum Gasteiger partial charge on any atom is 0.305 e. The van der Waals surface area contributed by atoms with Crippen LogP contribution in [0.4, 0.5) is 0 Å². The van der Waals surface area contributed by atoms with Gasteiger partial charge < -0.3 is 14.6 Å². The lowest BCUT2D eigenvalue weighted by Gasteiger charge is -2.14. The average molecular weight is 271 g/mol. The largest absolute Gasteiger partial charge is 0.481 e. The van der Waals surface area contributed by atoms with Crippen molar-refractivity contribution < 1.29 is 29.0 Å². The molecule has 1 rings (SSSR count). The SMILES string of the molecule is CC1=CC(=O)N(CCOCCOCCC(=O)O)C1=O. The minimum absolute atomic E-state index is 0.0400. The standard InChI is InChI=1S/C12H17NO6/c1-9-8-10(14)13(12(9)17)3-5-19-7-6-18-4-2-11(15)16/h8H,2-7H2,1H3,(H,15,16). The predicted octanol–water partition coefficient (Wildman–Crippen LogP) is -0.191. The lowest BCUT2D eigenvalue weighted by atomic mass is 10.3. The molecular formula is C12H17NO6. The number of carbonyl (C=O) groups is 3. The van der Waals surface area contributed by atoms with E-state index in [0.717, 1.165) is 4.90 Å². The van der Waals surface area contributed by atoms with Gasteiger partial charge in [0.05, 0.1) is 39.4 Å². The second-order valence-electron chi connectivity index (χ2n) is 3.99. The number of nitrogens with zero attached hydrogens (tertiary/aromatic N) is 1. The molecule has 0 aromatic heterocycles. The van der Waals surface area contributed by atoms with Crippen LogP contribution in [0.1, 0.15) is 13.3 Å². The molecule has 0 unspecified atom stereocenters. The van der Waals surface area contributed by atoms with Crippen LogP contribution in [0.5, 0.6) is 0 Å². The number of ether oxygens (including phenoxy) is 2. The number of carboxylic acid groups (broad SMARTS) is 1. The van der Waals surface area contributed by atoms with Gasteiger partial charge >= 0.3 is 5.97 Å². The van der Waals surface area contributed by atoms with Crippen molar-refractivity contribution >= 4 is 17.8 Å². The van der Waals surface area contributed by atoms with E-state index >= 15 is 0 Å². The number of amides is 2. The Morgan fingerprint density at radius 1 is 1.21 bits per heavy atom. The minimum Gasteiger partial charge on any atom is -0.481 e. The zero-order valence-electron chi connectivity index (χ0n) is 10.8. The Bertz CT molecular complexity index is 390. The Hall–Kier alpha value is -1.73. The Kier molecular flexibility index (Phi) is 6.17. The van der Waals surface area contributed by atoms with E-state index in [-0.39, 0.29) is 44.6 Å². The first-order chi connectivity index (χ1) is 9.02. The molecule has 0 radical (unpaired) electrons. The Balaban J connectivity index is 2.01. The quantitative estimate of drug-likeness (QED) is 0.461. The smallest absolute Gasteiger partial charge is 0.305 e. The second kappa shape index (κ2) is 7.65. The normalized spacial score (nSPS) is 15.0. The number of carboxylic acids is 1. The average Bonchev–Trinajstić information content (AvgIpc) is 2.58. The van der Waals surface area contributed by atoms with Gasteiger partial charge in [0.15, 0.2) is 0 Å². The first-order valence-electron chi connectivity index (χ1n) is 5.94. The Labute approximate surface area is 110 Å². The van der Waals surface area contributed by atoms with Gasteiger partial charge in [0.2, 0.25) is 0 Å². The van der Waals surface area contributed by atoms with Crippen molar-refractivity contribution in [2.45, 2.75) is 13.3 Å². The molecule has 0 fully saturated rings.